The highest BCUT2D eigenvalue weighted by Gasteiger charge is 2.34. The molecule has 2 amide bonds. The number of amides is 2. The Kier molecular flexibility index (Phi) is 5.59. The molecule has 1 saturated carbocycles. The van der Waals surface area contributed by atoms with Crippen molar-refractivity contribution in [3.05, 3.63) is 35.4 Å². The molecule has 0 bridgehead atoms. The highest BCUT2D eigenvalue weighted by atomic mass is 16.4. The van der Waals surface area contributed by atoms with Crippen LogP contribution in [0.1, 0.15) is 48.0 Å². The topological polar surface area (TPSA) is 86.7 Å². The molecule has 1 aliphatic heterocycles. The summed E-state index contributed by atoms with van der Waals surface area (Å²) in [6.45, 7) is 3.07. The lowest BCUT2D eigenvalue weighted by atomic mass is 9.96. The van der Waals surface area contributed by atoms with Gasteiger partial charge in [0.2, 0.25) is 5.91 Å². The summed E-state index contributed by atoms with van der Waals surface area (Å²) >= 11 is 0. The monoisotopic (exact) mass is 358 g/mol. The molecule has 6 nitrogen and oxygen atoms in total. The molecule has 2 fully saturated rings. The van der Waals surface area contributed by atoms with Gasteiger partial charge in [-0.05, 0) is 51.2 Å². The van der Waals surface area contributed by atoms with Crippen LogP contribution in [0.2, 0.25) is 0 Å². The largest absolute Gasteiger partial charge is 0.481 e. The number of aryl methyl sites for hydroxylation is 1. The predicted molar refractivity (Wildman–Crippen MR) is 96.7 cm³/mol. The minimum atomic E-state index is -0.783. The van der Waals surface area contributed by atoms with Crippen LogP contribution in [0.25, 0.3) is 0 Å². The first-order chi connectivity index (χ1) is 12.4. The maximum atomic E-state index is 12.7. The van der Waals surface area contributed by atoms with Gasteiger partial charge in [0.25, 0.3) is 5.91 Å². The van der Waals surface area contributed by atoms with Crippen molar-refractivity contribution in [2.75, 3.05) is 13.1 Å². The van der Waals surface area contributed by atoms with Crippen LogP contribution in [-0.4, -0.2) is 46.9 Å². The van der Waals surface area contributed by atoms with Gasteiger partial charge in [0.05, 0.1) is 11.8 Å². The molecule has 2 aliphatic rings. The van der Waals surface area contributed by atoms with E-state index < -0.39 is 5.97 Å². The van der Waals surface area contributed by atoms with E-state index in [1.54, 1.807) is 4.90 Å². The molecule has 0 radical (unpaired) electrons. The van der Waals surface area contributed by atoms with Crippen molar-refractivity contribution < 1.29 is 19.5 Å². The van der Waals surface area contributed by atoms with E-state index in [0.717, 1.165) is 18.4 Å². The van der Waals surface area contributed by atoms with Gasteiger partial charge in [-0.25, -0.2) is 0 Å². The summed E-state index contributed by atoms with van der Waals surface area (Å²) in [4.78, 5) is 38.1. The molecule has 1 heterocycles. The average Bonchev–Trinajstić information content (AvgIpc) is 3.11. The Balaban J connectivity index is 1.56. The van der Waals surface area contributed by atoms with Gasteiger partial charge in [-0.1, -0.05) is 17.7 Å². The number of hydrogen-bond acceptors (Lipinski definition) is 3. The zero-order valence-electron chi connectivity index (χ0n) is 15.1. The summed E-state index contributed by atoms with van der Waals surface area (Å²) in [5.41, 5.74) is 1.76. The molecule has 0 aromatic heterocycles. The van der Waals surface area contributed by atoms with Crippen molar-refractivity contribution in [2.24, 2.45) is 11.8 Å². The van der Waals surface area contributed by atoms with Crippen LogP contribution < -0.4 is 5.32 Å². The maximum absolute atomic E-state index is 12.7. The first-order valence-electron chi connectivity index (χ1n) is 9.33. The summed E-state index contributed by atoms with van der Waals surface area (Å²) in [6, 6.07) is 7.42. The standard InChI is InChI=1S/C20H26N2O4/c1-13-4-6-14(7-5-13)19(24)22-10-2-3-16(12-22)18(23)21-17-9-8-15(11-17)20(25)26/h4-7,15-17H,2-3,8-12H2,1H3,(H,21,23)(H,25,26)/t15-,16?,17+/m1/s1. The maximum Gasteiger partial charge on any atom is 0.306 e. The fraction of sp³-hybridized carbons (Fsp3) is 0.550. The van der Waals surface area contributed by atoms with Crippen LogP contribution >= 0.6 is 0 Å². The smallest absolute Gasteiger partial charge is 0.306 e. The number of piperidine rings is 1. The summed E-state index contributed by atoms with van der Waals surface area (Å²) in [7, 11) is 0. The molecule has 1 saturated heterocycles. The summed E-state index contributed by atoms with van der Waals surface area (Å²) in [5.74, 6) is -1.45. The lowest BCUT2D eigenvalue weighted by Crippen LogP contribution is -2.47. The summed E-state index contributed by atoms with van der Waals surface area (Å²) in [6.07, 6.45) is 3.39. The Morgan fingerprint density at radius 2 is 1.81 bits per heavy atom. The first-order valence-corrected chi connectivity index (χ1v) is 9.33. The number of aliphatic carboxylic acids is 1. The quantitative estimate of drug-likeness (QED) is 0.864. The molecule has 1 aromatic carbocycles. The van der Waals surface area contributed by atoms with Crippen LogP contribution in [-0.2, 0) is 9.59 Å². The van der Waals surface area contributed by atoms with Gasteiger partial charge in [-0.15, -0.1) is 0 Å². The number of carbonyl (C=O) groups is 3. The van der Waals surface area contributed by atoms with E-state index in [4.69, 9.17) is 5.11 Å². The molecule has 2 N–H and O–H groups in total. The zero-order chi connectivity index (χ0) is 18.7. The SMILES string of the molecule is Cc1ccc(C(=O)N2CCCC(C(=O)N[C@H]3CC[C@@H](C(=O)O)C3)C2)cc1. The first kappa shape index (κ1) is 18.4. The minimum Gasteiger partial charge on any atom is -0.481 e. The zero-order valence-corrected chi connectivity index (χ0v) is 15.1. The third-order valence-corrected chi connectivity index (χ3v) is 5.51. The number of hydrogen-bond donors (Lipinski definition) is 2. The second-order valence-electron chi connectivity index (χ2n) is 7.51. The second-order valence-corrected chi connectivity index (χ2v) is 7.51. The average molecular weight is 358 g/mol. The van der Waals surface area contributed by atoms with Gasteiger partial charge in [0.15, 0.2) is 0 Å². The Bertz CT molecular complexity index is 686. The fourth-order valence-electron chi connectivity index (χ4n) is 3.91. The van der Waals surface area contributed by atoms with E-state index in [9.17, 15) is 14.4 Å². The van der Waals surface area contributed by atoms with Gasteiger partial charge in [-0.3, -0.25) is 14.4 Å². The minimum absolute atomic E-state index is 0.0330. The number of carboxylic acid groups (broad SMARTS) is 1. The second kappa shape index (κ2) is 7.89. The van der Waals surface area contributed by atoms with E-state index in [1.807, 2.05) is 31.2 Å². The van der Waals surface area contributed by atoms with Crippen molar-refractivity contribution in [3.8, 4) is 0 Å². The normalized spacial score (nSPS) is 25.7. The molecule has 1 aromatic rings. The van der Waals surface area contributed by atoms with Crippen LogP contribution in [0.4, 0.5) is 0 Å². The van der Waals surface area contributed by atoms with Crippen molar-refractivity contribution in [2.45, 2.75) is 45.1 Å². The molecular weight excluding hydrogens is 332 g/mol. The number of likely N-dealkylation sites (tertiary alicyclic amines) is 1. The summed E-state index contributed by atoms with van der Waals surface area (Å²) in [5, 5.41) is 12.1. The third kappa shape index (κ3) is 4.23. The van der Waals surface area contributed by atoms with Gasteiger partial charge in [0, 0.05) is 24.7 Å². The van der Waals surface area contributed by atoms with Gasteiger partial charge >= 0.3 is 5.97 Å². The molecule has 1 aliphatic carbocycles. The van der Waals surface area contributed by atoms with E-state index in [-0.39, 0.29) is 29.7 Å². The number of benzene rings is 1. The van der Waals surface area contributed by atoms with Crippen LogP contribution in [0.3, 0.4) is 0 Å². The van der Waals surface area contributed by atoms with E-state index in [2.05, 4.69) is 5.32 Å². The van der Waals surface area contributed by atoms with Crippen molar-refractivity contribution >= 4 is 17.8 Å². The lowest BCUT2D eigenvalue weighted by Gasteiger charge is -2.32. The number of rotatable bonds is 4. The van der Waals surface area contributed by atoms with Crippen LogP contribution in [0.15, 0.2) is 24.3 Å². The molecular formula is C20H26N2O4. The van der Waals surface area contributed by atoms with Gasteiger partial charge < -0.3 is 15.3 Å². The molecule has 3 atom stereocenters. The van der Waals surface area contributed by atoms with Gasteiger partial charge in [0.1, 0.15) is 0 Å². The highest BCUT2D eigenvalue weighted by Crippen LogP contribution is 2.27. The predicted octanol–water partition coefficient (Wildman–Crippen LogP) is 2.22. The summed E-state index contributed by atoms with van der Waals surface area (Å²) < 4.78 is 0. The number of carboxylic acids is 1. The number of carbonyl (C=O) groups excluding carboxylic acids is 2. The third-order valence-electron chi connectivity index (χ3n) is 5.51. The number of nitrogens with one attached hydrogen (secondary N) is 1. The van der Waals surface area contributed by atoms with Gasteiger partial charge in [-0.2, -0.15) is 0 Å². The van der Waals surface area contributed by atoms with E-state index in [1.165, 1.54) is 0 Å². The van der Waals surface area contributed by atoms with Crippen molar-refractivity contribution in [3.63, 3.8) is 0 Å². The Morgan fingerprint density at radius 1 is 1.08 bits per heavy atom. The van der Waals surface area contributed by atoms with E-state index in [0.29, 0.717) is 37.9 Å². The van der Waals surface area contributed by atoms with Crippen molar-refractivity contribution in [1.82, 2.24) is 10.2 Å². The van der Waals surface area contributed by atoms with E-state index >= 15 is 0 Å². The Labute approximate surface area is 153 Å². The highest BCUT2D eigenvalue weighted by molar-refractivity contribution is 5.94. The van der Waals surface area contributed by atoms with Crippen LogP contribution in [0.5, 0.6) is 0 Å². The van der Waals surface area contributed by atoms with Crippen molar-refractivity contribution in [1.29, 1.82) is 0 Å². The molecule has 26 heavy (non-hydrogen) atoms. The molecule has 6 heteroatoms. The molecule has 1 unspecified atom stereocenters. The lowest BCUT2D eigenvalue weighted by molar-refractivity contribution is -0.141. The molecule has 0 spiro atoms. The molecule has 3 rings (SSSR count). The Hall–Kier alpha value is -2.37. The number of nitrogens with zero attached hydrogens (tertiary/aromatic N) is 1. The van der Waals surface area contributed by atoms with Crippen LogP contribution in [0, 0.1) is 18.8 Å². The Morgan fingerprint density at radius 3 is 2.46 bits per heavy atom. The molecule has 140 valence electrons. The fourth-order valence-corrected chi connectivity index (χ4v) is 3.91.